The highest BCUT2D eigenvalue weighted by atomic mass is 16.6. The Morgan fingerprint density at radius 3 is 1.95 bits per heavy atom. The zero-order valence-corrected chi connectivity index (χ0v) is 24.4. The Morgan fingerprint density at radius 1 is 0.868 bits per heavy atom. The minimum Gasteiger partial charge on any atom is -0.462 e. The summed E-state index contributed by atoms with van der Waals surface area (Å²) in [6, 6.07) is 0. The molecule has 0 radical (unpaired) electrons. The molecule has 0 saturated heterocycles. The van der Waals surface area contributed by atoms with Crippen molar-refractivity contribution in [2.75, 3.05) is 18.9 Å². The van der Waals surface area contributed by atoms with Crippen molar-refractivity contribution in [3.63, 3.8) is 0 Å². The smallest absolute Gasteiger partial charge is 0.413 e. The van der Waals surface area contributed by atoms with Crippen molar-refractivity contribution in [1.82, 2.24) is 10.3 Å². The van der Waals surface area contributed by atoms with Gasteiger partial charge in [-0.05, 0) is 39.0 Å². The third-order valence-electron chi connectivity index (χ3n) is 7.74. The fourth-order valence-corrected chi connectivity index (χ4v) is 5.23. The molecule has 1 heterocycles. The molecule has 216 valence electrons. The van der Waals surface area contributed by atoms with E-state index in [4.69, 9.17) is 15.2 Å². The average molecular weight is 532 g/mol. The van der Waals surface area contributed by atoms with Crippen LogP contribution >= 0.6 is 0 Å². The number of hydrogen-bond donors (Lipinski definition) is 2. The first-order valence-electron chi connectivity index (χ1n) is 15.3. The summed E-state index contributed by atoms with van der Waals surface area (Å²) < 4.78 is 11.0. The van der Waals surface area contributed by atoms with E-state index in [9.17, 15) is 9.59 Å². The number of aryl methyl sites for hydroxylation is 1. The summed E-state index contributed by atoms with van der Waals surface area (Å²) in [5.41, 5.74) is 7.53. The summed E-state index contributed by atoms with van der Waals surface area (Å²) in [6.45, 7) is 6.60. The van der Waals surface area contributed by atoms with Gasteiger partial charge in [-0.15, -0.1) is 0 Å². The number of anilines is 1. The van der Waals surface area contributed by atoms with E-state index < -0.39 is 12.1 Å². The van der Waals surface area contributed by atoms with Crippen LogP contribution in [0.25, 0.3) is 0 Å². The van der Waals surface area contributed by atoms with Crippen LogP contribution in [0.4, 0.5) is 10.5 Å². The minimum atomic E-state index is -0.565. The molecule has 0 bridgehead atoms. The van der Waals surface area contributed by atoms with Crippen LogP contribution < -0.4 is 15.8 Å². The molecule has 7 heteroatoms. The van der Waals surface area contributed by atoms with E-state index in [2.05, 4.69) is 17.2 Å². The van der Waals surface area contributed by atoms with Gasteiger partial charge < -0.3 is 20.5 Å². The molecule has 0 aromatic carbocycles. The van der Waals surface area contributed by atoms with Crippen LogP contribution in [0.5, 0.6) is 5.88 Å². The van der Waals surface area contributed by atoms with E-state index >= 15 is 0 Å². The SMILES string of the molecule is CCCCCCCCCCCCCCCCNC(=O)Oc1nc(C)c(N)c(C(=O)OCC2CCCC2)c1C. The molecule has 1 aromatic rings. The first-order valence-corrected chi connectivity index (χ1v) is 15.3. The van der Waals surface area contributed by atoms with Crippen LogP contribution in [-0.2, 0) is 4.74 Å². The molecule has 1 aromatic heterocycles. The van der Waals surface area contributed by atoms with Crippen molar-refractivity contribution in [1.29, 1.82) is 0 Å². The molecule has 7 nitrogen and oxygen atoms in total. The maximum absolute atomic E-state index is 12.8. The fourth-order valence-electron chi connectivity index (χ4n) is 5.23. The number of unbranched alkanes of at least 4 members (excludes halogenated alkanes) is 13. The van der Waals surface area contributed by atoms with E-state index in [1.54, 1.807) is 13.8 Å². The summed E-state index contributed by atoms with van der Waals surface area (Å²) in [4.78, 5) is 29.4. The Kier molecular flexibility index (Phi) is 15.8. The zero-order chi connectivity index (χ0) is 27.6. The molecule has 2 rings (SSSR count). The summed E-state index contributed by atoms with van der Waals surface area (Å²) in [6.07, 6.45) is 22.1. The lowest BCUT2D eigenvalue weighted by Gasteiger charge is -2.16. The van der Waals surface area contributed by atoms with Gasteiger partial charge in [-0.1, -0.05) is 103 Å². The van der Waals surface area contributed by atoms with Crippen molar-refractivity contribution in [3.05, 3.63) is 16.8 Å². The number of rotatable bonds is 19. The first-order chi connectivity index (χ1) is 18.4. The maximum atomic E-state index is 12.8. The number of nitrogen functional groups attached to an aromatic ring is 1. The van der Waals surface area contributed by atoms with E-state index in [1.165, 1.54) is 89.9 Å². The van der Waals surface area contributed by atoms with Gasteiger partial charge >= 0.3 is 12.1 Å². The molecule has 1 amide bonds. The van der Waals surface area contributed by atoms with Gasteiger partial charge in [-0.25, -0.2) is 14.6 Å². The molecule has 0 spiro atoms. The third kappa shape index (κ3) is 12.0. The second kappa shape index (κ2) is 18.9. The lowest BCUT2D eigenvalue weighted by molar-refractivity contribution is 0.0442. The van der Waals surface area contributed by atoms with Crippen LogP contribution in [0.1, 0.15) is 144 Å². The van der Waals surface area contributed by atoms with E-state index in [-0.39, 0.29) is 17.1 Å². The molecule has 3 N–H and O–H groups in total. The van der Waals surface area contributed by atoms with Crippen LogP contribution in [0.3, 0.4) is 0 Å². The molecule has 1 saturated carbocycles. The number of ether oxygens (including phenoxy) is 2. The average Bonchev–Trinajstić information content (AvgIpc) is 3.42. The lowest BCUT2D eigenvalue weighted by atomic mass is 10.0. The normalized spacial score (nSPS) is 13.6. The highest BCUT2D eigenvalue weighted by molar-refractivity contribution is 5.98. The van der Waals surface area contributed by atoms with Crippen molar-refractivity contribution in [2.24, 2.45) is 5.92 Å². The van der Waals surface area contributed by atoms with Gasteiger partial charge in [-0.3, -0.25) is 0 Å². The number of carbonyl (C=O) groups excluding carboxylic acids is 2. The summed E-state index contributed by atoms with van der Waals surface area (Å²) >= 11 is 0. The summed E-state index contributed by atoms with van der Waals surface area (Å²) in [5.74, 6) is 0.0351. The predicted molar refractivity (Wildman–Crippen MR) is 155 cm³/mol. The van der Waals surface area contributed by atoms with Gasteiger partial charge in [0.1, 0.15) is 0 Å². The van der Waals surface area contributed by atoms with Crippen LogP contribution in [0.2, 0.25) is 0 Å². The number of esters is 1. The number of aromatic nitrogens is 1. The van der Waals surface area contributed by atoms with Crippen LogP contribution in [-0.4, -0.2) is 30.2 Å². The van der Waals surface area contributed by atoms with E-state index in [0.717, 1.165) is 25.7 Å². The highest BCUT2D eigenvalue weighted by Crippen LogP contribution is 2.29. The van der Waals surface area contributed by atoms with Crippen molar-refractivity contribution >= 4 is 17.7 Å². The van der Waals surface area contributed by atoms with Crippen LogP contribution in [0, 0.1) is 19.8 Å². The topological polar surface area (TPSA) is 104 Å². The molecule has 0 atom stereocenters. The Bertz CT molecular complexity index is 837. The van der Waals surface area contributed by atoms with E-state index in [0.29, 0.717) is 30.3 Å². The molecule has 0 aliphatic heterocycles. The molecule has 1 aliphatic rings. The van der Waals surface area contributed by atoms with Gasteiger partial charge in [0.15, 0.2) is 0 Å². The number of amides is 1. The molecule has 1 fully saturated rings. The van der Waals surface area contributed by atoms with Crippen LogP contribution in [0.15, 0.2) is 0 Å². The number of pyridine rings is 1. The molecule has 1 aliphatic carbocycles. The monoisotopic (exact) mass is 531 g/mol. The third-order valence-corrected chi connectivity index (χ3v) is 7.74. The fraction of sp³-hybridized carbons (Fsp3) is 0.774. The highest BCUT2D eigenvalue weighted by Gasteiger charge is 2.24. The van der Waals surface area contributed by atoms with Gasteiger partial charge in [0.2, 0.25) is 5.88 Å². The number of nitrogens with zero attached hydrogens (tertiary/aromatic N) is 1. The predicted octanol–water partition coefficient (Wildman–Crippen LogP) is 8.20. The maximum Gasteiger partial charge on any atom is 0.413 e. The van der Waals surface area contributed by atoms with Crippen molar-refractivity contribution in [2.45, 2.75) is 136 Å². The summed E-state index contributed by atoms with van der Waals surface area (Å²) in [7, 11) is 0. The van der Waals surface area contributed by atoms with Gasteiger partial charge in [0, 0.05) is 12.1 Å². The zero-order valence-electron chi connectivity index (χ0n) is 24.4. The Hall–Kier alpha value is -2.31. The number of hydrogen-bond acceptors (Lipinski definition) is 6. The Morgan fingerprint density at radius 2 is 1.39 bits per heavy atom. The Balaban J connectivity index is 1.60. The van der Waals surface area contributed by atoms with E-state index in [1.807, 2.05) is 0 Å². The number of nitrogens with one attached hydrogen (secondary N) is 1. The van der Waals surface area contributed by atoms with Gasteiger partial charge in [0.05, 0.1) is 23.6 Å². The second-order valence-electron chi connectivity index (χ2n) is 11.1. The number of nitrogens with two attached hydrogens (primary N) is 1. The molecule has 0 unspecified atom stereocenters. The van der Waals surface area contributed by atoms with Gasteiger partial charge in [-0.2, -0.15) is 0 Å². The van der Waals surface area contributed by atoms with Crippen molar-refractivity contribution in [3.8, 4) is 5.88 Å². The molecular formula is C31H53N3O4. The molecular weight excluding hydrogens is 478 g/mol. The number of carbonyl (C=O) groups is 2. The standard InChI is InChI=1S/C31H53N3O4/c1-4-5-6-7-8-9-10-11-12-13-14-15-16-19-22-33-31(36)38-29-24(2)27(28(32)25(3)34-29)30(35)37-23-26-20-17-18-21-26/h26H,4-23,32H2,1-3H3,(H,33,36). The van der Waals surface area contributed by atoms with Crippen molar-refractivity contribution < 1.29 is 19.1 Å². The molecule has 38 heavy (non-hydrogen) atoms. The first kappa shape index (κ1) is 31.9. The largest absolute Gasteiger partial charge is 0.462 e. The Labute approximate surface area is 231 Å². The summed E-state index contributed by atoms with van der Waals surface area (Å²) in [5, 5.41) is 2.80. The quantitative estimate of drug-likeness (QED) is 0.138. The second-order valence-corrected chi connectivity index (χ2v) is 11.1. The van der Waals surface area contributed by atoms with Gasteiger partial charge in [0.25, 0.3) is 0 Å². The minimum absolute atomic E-state index is 0.1000. The lowest BCUT2D eigenvalue weighted by Crippen LogP contribution is -2.28.